The Morgan fingerprint density at radius 2 is 1.96 bits per heavy atom. The second-order valence-corrected chi connectivity index (χ2v) is 5.88. The van der Waals surface area contributed by atoms with Crippen LogP contribution in [0.3, 0.4) is 0 Å². The highest BCUT2D eigenvalue weighted by Gasteiger charge is 2.11. The second-order valence-electron chi connectivity index (χ2n) is 5.88. The number of aromatic amines is 1. The third-order valence-corrected chi connectivity index (χ3v) is 4.05. The van der Waals surface area contributed by atoms with Gasteiger partial charge in [-0.15, -0.1) is 0 Å². The van der Waals surface area contributed by atoms with Crippen molar-refractivity contribution in [1.29, 1.82) is 0 Å². The zero-order chi connectivity index (χ0) is 18.1. The summed E-state index contributed by atoms with van der Waals surface area (Å²) in [6.07, 6.45) is 3.51. The van der Waals surface area contributed by atoms with E-state index in [0.717, 1.165) is 10.9 Å². The summed E-state index contributed by atoms with van der Waals surface area (Å²) in [6, 6.07) is 10.5. The number of pyridine rings is 3. The first-order valence-electron chi connectivity index (χ1n) is 8.07. The molecule has 4 N–H and O–H groups in total. The second kappa shape index (κ2) is 6.41. The molecule has 0 fully saturated rings. The summed E-state index contributed by atoms with van der Waals surface area (Å²) in [5.41, 5.74) is 8.49. The summed E-state index contributed by atoms with van der Waals surface area (Å²) < 4.78 is 1.77. The van der Waals surface area contributed by atoms with Crippen molar-refractivity contribution >= 4 is 22.6 Å². The first-order chi connectivity index (χ1) is 12.6. The van der Waals surface area contributed by atoms with E-state index in [1.54, 1.807) is 22.7 Å². The summed E-state index contributed by atoms with van der Waals surface area (Å²) >= 11 is 0. The topological polar surface area (TPSA) is 118 Å². The van der Waals surface area contributed by atoms with Crippen molar-refractivity contribution in [3.05, 3.63) is 76.1 Å². The van der Waals surface area contributed by atoms with Gasteiger partial charge in [-0.05, 0) is 29.8 Å². The predicted molar refractivity (Wildman–Crippen MR) is 96.6 cm³/mol. The summed E-state index contributed by atoms with van der Waals surface area (Å²) in [6.45, 7) is 0.652. The van der Waals surface area contributed by atoms with Crippen molar-refractivity contribution in [2.75, 3.05) is 0 Å². The zero-order valence-corrected chi connectivity index (χ0v) is 13.8. The van der Waals surface area contributed by atoms with Crippen LogP contribution in [0.1, 0.15) is 21.7 Å². The number of hydrogen-bond donors (Lipinski definition) is 3. The molecule has 0 bridgehead atoms. The molecule has 0 aliphatic rings. The van der Waals surface area contributed by atoms with Crippen LogP contribution in [-0.2, 0) is 13.1 Å². The number of carbonyl (C=O) groups is 1. The molecule has 4 aromatic heterocycles. The standard InChI is InChI=1S/C18H16N6O2/c19-7-11-1-5-15-22-14(10-24(15)9-11)18(26)20-8-13-4-2-12-3-6-16(25)23-17(12)21-13/h1-6,9-10H,7-8,19H2,(H,20,26)(H,21,23,25). The van der Waals surface area contributed by atoms with Gasteiger partial charge in [-0.25, -0.2) is 9.97 Å². The van der Waals surface area contributed by atoms with E-state index in [4.69, 9.17) is 5.73 Å². The van der Waals surface area contributed by atoms with Gasteiger partial charge in [-0.3, -0.25) is 9.59 Å². The number of nitrogens with one attached hydrogen (secondary N) is 2. The molecule has 0 unspecified atom stereocenters. The van der Waals surface area contributed by atoms with Gasteiger partial charge >= 0.3 is 0 Å². The molecule has 0 spiro atoms. The van der Waals surface area contributed by atoms with Crippen molar-refractivity contribution < 1.29 is 4.79 Å². The zero-order valence-electron chi connectivity index (χ0n) is 13.8. The molecular formula is C18H16N6O2. The summed E-state index contributed by atoms with van der Waals surface area (Å²) in [5.74, 6) is -0.300. The minimum absolute atomic E-state index is 0.215. The number of aromatic nitrogens is 4. The van der Waals surface area contributed by atoms with Crippen molar-refractivity contribution in [3.8, 4) is 0 Å². The SMILES string of the molecule is NCc1ccc2nc(C(=O)NCc3ccc4ccc(=O)[nH]c4n3)cn2c1. The van der Waals surface area contributed by atoms with E-state index in [9.17, 15) is 9.59 Å². The lowest BCUT2D eigenvalue weighted by atomic mass is 10.2. The Kier molecular flexibility index (Phi) is 3.94. The minimum Gasteiger partial charge on any atom is -0.345 e. The van der Waals surface area contributed by atoms with Crippen LogP contribution < -0.4 is 16.6 Å². The molecule has 4 heterocycles. The van der Waals surface area contributed by atoms with Gasteiger partial charge in [0.2, 0.25) is 5.56 Å². The molecule has 0 saturated heterocycles. The van der Waals surface area contributed by atoms with E-state index >= 15 is 0 Å². The molecule has 1 amide bonds. The molecule has 8 heteroatoms. The Balaban J connectivity index is 1.52. The Labute approximate surface area is 147 Å². The number of nitrogens with two attached hydrogens (primary N) is 1. The number of hydrogen-bond acceptors (Lipinski definition) is 5. The third-order valence-electron chi connectivity index (χ3n) is 4.05. The van der Waals surface area contributed by atoms with E-state index in [-0.39, 0.29) is 18.0 Å². The fourth-order valence-electron chi connectivity index (χ4n) is 2.70. The van der Waals surface area contributed by atoms with Crippen LogP contribution in [0.5, 0.6) is 0 Å². The maximum atomic E-state index is 12.4. The predicted octanol–water partition coefficient (Wildman–Crippen LogP) is 0.959. The number of amides is 1. The van der Waals surface area contributed by atoms with Gasteiger partial charge < -0.3 is 20.4 Å². The molecule has 4 aromatic rings. The first-order valence-corrected chi connectivity index (χ1v) is 8.07. The highest BCUT2D eigenvalue weighted by atomic mass is 16.2. The van der Waals surface area contributed by atoms with E-state index in [1.165, 1.54) is 6.07 Å². The molecule has 4 rings (SSSR count). The van der Waals surface area contributed by atoms with Crippen molar-refractivity contribution in [1.82, 2.24) is 24.7 Å². The number of imidazole rings is 1. The van der Waals surface area contributed by atoms with Gasteiger partial charge in [0.15, 0.2) is 0 Å². The summed E-state index contributed by atoms with van der Waals surface area (Å²) in [4.78, 5) is 35.1. The number of carbonyl (C=O) groups excluding carboxylic acids is 1. The van der Waals surface area contributed by atoms with E-state index in [1.807, 2.05) is 24.4 Å². The molecule has 0 radical (unpaired) electrons. The third kappa shape index (κ3) is 3.05. The van der Waals surface area contributed by atoms with E-state index < -0.39 is 0 Å². The average Bonchev–Trinajstić information content (AvgIpc) is 3.09. The molecule has 0 saturated carbocycles. The van der Waals surface area contributed by atoms with Gasteiger partial charge in [-0.1, -0.05) is 6.07 Å². The van der Waals surface area contributed by atoms with E-state index in [0.29, 0.717) is 29.2 Å². The fourth-order valence-corrected chi connectivity index (χ4v) is 2.70. The number of rotatable bonds is 4. The molecule has 130 valence electrons. The smallest absolute Gasteiger partial charge is 0.271 e. The van der Waals surface area contributed by atoms with Crippen molar-refractivity contribution in [2.24, 2.45) is 5.73 Å². The maximum absolute atomic E-state index is 12.4. The van der Waals surface area contributed by atoms with Gasteiger partial charge in [-0.2, -0.15) is 0 Å². The lowest BCUT2D eigenvalue weighted by Gasteiger charge is -2.04. The number of H-pyrrole nitrogens is 1. The molecule has 0 aliphatic carbocycles. The normalized spacial score (nSPS) is 11.1. The lowest BCUT2D eigenvalue weighted by Crippen LogP contribution is -2.23. The molecule has 0 atom stereocenters. The number of nitrogens with zero attached hydrogens (tertiary/aromatic N) is 3. The van der Waals surface area contributed by atoms with Crippen LogP contribution in [0, 0.1) is 0 Å². The first kappa shape index (κ1) is 16.0. The van der Waals surface area contributed by atoms with Gasteiger partial charge in [0.25, 0.3) is 5.91 Å². The highest BCUT2D eigenvalue weighted by molar-refractivity contribution is 5.92. The van der Waals surface area contributed by atoms with Crippen molar-refractivity contribution in [2.45, 2.75) is 13.1 Å². The average molecular weight is 348 g/mol. The van der Waals surface area contributed by atoms with Crippen LogP contribution in [-0.4, -0.2) is 25.3 Å². The maximum Gasteiger partial charge on any atom is 0.271 e. The van der Waals surface area contributed by atoms with Gasteiger partial charge in [0.05, 0.1) is 12.2 Å². The molecular weight excluding hydrogens is 332 g/mol. The molecule has 26 heavy (non-hydrogen) atoms. The molecule has 0 aliphatic heterocycles. The van der Waals surface area contributed by atoms with Crippen molar-refractivity contribution in [3.63, 3.8) is 0 Å². The Morgan fingerprint density at radius 1 is 1.12 bits per heavy atom. The quantitative estimate of drug-likeness (QED) is 0.508. The van der Waals surface area contributed by atoms with Gasteiger partial charge in [0.1, 0.15) is 17.0 Å². The Morgan fingerprint density at radius 3 is 2.81 bits per heavy atom. The van der Waals surface area contributed by atoms with Crippen LogP contribution in [0.4, 0.5) is 0 Å². The largest absolute Gasteiger partial charge is 0.345 e. The van der Waals surface area contributed by atoms with Crippen LogP contribution in [0.2, 0.25) is 0 Å². The van der Waals surface area contributed by atoms with Crippen LogP contribution >= 0.6 is 0 Å². The lowest BCUT2D eigenvalue weighted by molar-refractivity contribution is 0.0946. The fraction of sp³-hybridized carbons (Fsp3) is 0.111. The van der Waals surface area contributed by atoms with Crippen LogP contribution in [0.25, 0.3) is 16.7 Å². The molecule has 8 nitrogen and oxygen atoms in total. The van der Waals surface area contributed by atoms with Crippen LogP contribution in [0.15, 0.2) is 53.6 Å². The molecule has 0 aromatic carbocycles. The minimum atomic E-state index is -0.300. The number of fused-ring (bicyclic) bond motifs is 2. The summed E-state index contributed by atoms with van der Waals surface area (Å²) in [5, 5.41) is 3.62. The summed E-state index contributed by atoms with van der Waals surface area (Å²) in [7, 11) is 0. The van der Waals surface area contributed by atoms with Gasteiger partial charge in [0, 0.05) is 30.4 Å². The Bertz CT molecular complexity index is 1180. The highest BCUT2D eigenvalue weighted by Crippen LogP contribution is 2.09. The monoisotopic (exact) mass is 348 g/mol. The Hall–Kier alpha value is -3.52. The van der Waals surface area contributed by atoms with E-state index in [2.05, 4.69) is 20.3 Å².